The number of carbonyl (C=O) groups is 2. The maximum absolute atomic E-state index is 12.4. The van der Waals surface area contributed by atoms with Gasteiger partial charge in [0.15, 0.2) is 0 Å². The summed E-state index contributed by atoms with van der Waals surface area (Å²) in [5.41, 5.74) is 1.86. The van der Waals surface area contributed by atoms with Gasteiger partial charge < -0.3 is 5.32 Å². The van der Waals surface area contributed by atoms with Crippen molar-refractivity contribution in [3.05, 3.63) is 78.4 Å². The Morgan fingerprint density at radius 1 is 0.955 bits per heavy atom. The zero-order valence-corrected chi connectivity index (χ0v) is 12.0. The molecule has 110 valence electrons. The number of fused-ring (bicyclic) bond motifs is 1. The lowest BCUT2D eigenvalue weighted by Crippen LogP contribution is -2.39. The highest BCUT2D eigenvalue weighted by Gasteiger charge is 2.35. The van der Waals surface area contributed by atoms with Crippen molar-refractivity contribution in [1.82, 2.24) is 4.90 Å². The summed E-state index contributed by atoms with van der Waals surface area (Å²) < 4.78 is 0. The van der Waals surface area contributed by atoms with Crippen molar-refractivity contribution in [3.8, 4) is 0 Å². The molecule has 0 spiro atoms. The fourth-order valence-electron chi connectivity index (χ4n) is 2.53. The minimum atomic E-state index is -0.248. The summed E-state index contributed by atoms with van der Waals surface area (Å²) in [5, 5.41) is 3.26. The third-order valence-electron chi connectivity index (χ3n) is 3.67. The van der Waals surface area contributed by atoms with E-state index in [1.165, 1.54) is 4.90 Å². The van der Waals surface area contributed by atoms with Crippen LogP contribution in [0, 0.1) is 0 Å². The predicted octanol–water partition coefficient (Wildman–Crippen LogP) is 2.95. The van der Waals surface area contributed by atoms with Gasteiger partial charge in [-0.15, -0.1) is 6.58 Å². The predicted molar refractivity (Wildman–Crippen MR) is 85.9 cm³/mol. The molecule has 1 atom stereocenters. The molecule has 1 aliphatic rings. The Kier molecular flexibility index (Phi) is 3.74. The lowest BCUT2D eigenvalue weighted by Gasteiger charge is -2.21. The first kappa shape index (κ1) is 14.1. The van der Waals surface area contributed by atoms with E-state index in [2.05, 4.69) is 11.9 Å². The smallest absolute Gasteiger partial charge is 0.261 e. The van der Waals surface area contributed by atoms with Gasteiger partial charge in [0.2, 0.25) is 0 Å². The average molecular weight is 292 g/mol. The van der Waals surface area contributed by atoms with Crippen molar-refractivity contribution in [3.63, 3.8) is 0 Å². The minimum Gasteiger partial charge on any atom is -0.377 e. The molecule has 2 amide bonds. The van der Waals surface area contributed by atoms with Crippen molar-refractivity contribution in [1.29, 1.82) is 0 Å². The van der Waals surface area contributed by atoms with Gasteiger partial charge in [-0.05, 0) is 24.3 Å². The van der Waals surface area contributed by atoms with Crippen molar-refractivity contribution in [2.24, 2.45) is 0 Å². The Morgan fingerprint density at radius 2 is 1.50 bits per heavy atom. The van der Waals surface area contributed by atoms with Gasteiger partial charge in [-0.25, -0.2) is 0 Å². The number of para-hydroxylation sites is 1. The standard InChI is InChI=1S/C18H16N2O2/c1-2-13(19-14-8-4-3-5-9-14)12-20-17(21)15-10-6-7-11-16(15)18(20)22/h2-11,13,19H,1,12H2. The molecule has 0 radical (unpaired) electrons. The summed E-state index contributed by atoms with van der Waals surface area (Å²) >= 11 is 0. The van der Waals surface area contributed by atoms with E-state index in [9.17, 15) is 9.59 Å². The first-order valence-corrected chi connectivity index (χ1v) is 7.10. The molecule has 4 nitrogen and oxygen atoms in total. The van der Waals surface area contributed by atoms with E-state index in [1.807, 2.05) is 30.3 Å². The third-order valence-corrected chi connectivity index (χ3v) is 3.67. The SMILES string of the molecule is C=CC(CN1C(=O)c2ccccc2C1=O)Nc1ccccc1. The molecular formula is C18H16N2O2. The number of rotatable bonds is 5. The summed E-state index contributed by atoms with van der Waals surface area (Å²) in [7, 11) is 0. The molecule has 3 rings (SSSR count). The summed E-state index contributed by atoms with van der Waals surface area (Å²) in [6.45, 7) is 4.04. The first-order chi connectivity index (χ1) is 10.7. The van der Waals surface area contributed by atoms with Crippen LogP contribution in [-0.2, 0) is 0 Å². The summed E-state index contributed by atoms with van der Waals surface area (Å²) in [6, 6.07) is 16.3. The monoisotopic (exact) mass is 292 g/mol. The molecule has 2 aromatic rings. The van der Waals surface area contributed by atoms with Gasteiger partial charge in [-0.2, -0.15) is 0 Å². The number of nitrogens with zero attached hydrogens (tertiary/aromatic N) is 1. The Bertz CT molecular complexity index is 690. The van der Waals surface area contributed by atoms with E-state index < -0.39 is 0 Å². The first-order valence-electron chi connectivity index (χ1n) is 7.10. The molecule has 0 saturated carbocycles. The molecule has 0 aromatic heterocycles. The van der Waals surface area contributed by atoms with Crippen LogP contribution >= 0.6 is 0 Å². The van der Waals surface area contributed by atoms with E-state index in [1.54, 1.807) is 30.3 Å². The molecule has 1 unspecified atom stereocenters. The number of benzene rings is 2. The van der Waals surface area contributed by atoms with E-state index >= 15 is 0 Å². The summed E-state index contributed by atoms with van der Waals surface area (Å²) in [6.07, 6.45) is 1.70. The highest BCUT2D eigenvalue weighted by molar-refractivity contribution is 6.21. The molecule has 4 heteroatoms. The second kappa shape index (κ2) is 5.85. The second-order valence-electron chi connectivity index (χ2n) is 5.12. The van der Waals surface area contributed by atoms with E-state index in [0.29, 0.717) is 11.1 Å². The number of nitrogens with one attached hydrogen (secondary N) is 1. The normalized spacial score (nSPS) is 14.6. The number of imide groups is 1. The van der Waals surface area contributed by atoms with Gasteiger partial charge in [0, 0.05) is 5.69 Å². The molecule has 0 bridgehead atoms. The topological polar surface area (TPSA) is 49.4 Å². The Balaban J connectivity index is 1.77. The van der Waals surface area contributed by atoms with Crippen LogP contribution in [0.5, 0.6) is 0 Å². The van der Waals surface area contributed by atoms with Gasteiger partial charge in [0.25, 0.3) is 11.8 Å². The van der Waals surface area contributed by atoms with Crippen molar-refractivity contribution in [2.45, 2.75) is 6.04 Å². The average Bonchev–Trinajstić information content (AvgIpc) is 2.80. The number of amides is 2. The Morgan fingerprint density at radius 3 is 2.05 bits per heavy atom. The number of hydrogen-bond donors (Lipinski definition) is 1. The van der Waals surface area contributed by atoms with Crippen LogP contribution in [0.15, 0.2) is 67.3 Å². The number of anilines is 1. The fourth-order valence-corrected chi connectivity index (χ4v) is 2.53. The molecule has 0 aliphatic carbocycles. The van der Waals surface area contributed by atoms with Gasteiger partial charge in [-0.3, -0.25) is 14.5 Å². The highest BCUT2D eigenvalue weighted by Crippen LogP contribution is 2.23. The molecule has 2 aromatic carbocycles. The van der Waals surface area contributed by atoms with Crippen LogP contribution in [0.2, 0.25) is 0 Å². The largest absolute Gasteiger partial charge is 0.377 e. The van der Waals surface area contributed by atoms with E-state index in [0.717, 1.165) is 5.69 Å². The summed E-state index contributed by atoms with van der Waals surface area (Å²) in [5.74, 6) is -0.496. The van der Waals surface area contributed by atoms with Crippen molar-refractivity contribution >= 4 is 17.5 Å². The molecule has 1 heterocycles. The number of hydrogen-bond acceptors (Lipinski definition) is 3. The van der Waals surface area contributed by atoms with Crippen molar-refractivity contribution in [2.75, 3.05) is 11.9 Å². The molecule has 22 heavy (non-hydrogen) atoms. The van der Waals surface area contributed by atoms with Crippen LogP contribution in [0.1, 0.15) is 20.7 Å². The Hall–Kier alpha value is -2.88. The van der Waals surface area contributed by atoms with Crippen LogP contribution in [0.25, 0.3) is 0 Å². The van der Waals surface area contributed by atoms with Gasteiger partial charge in [0.1, 0.15) is 0 Å². The highest BCUT2D eigenvalue weighted by atomic mass is 16.2. The zero-order valence-electron chi connectivity index (χ0n) is 12.0. The van der Waals surface area contributed by atoms with Crippen molar-refractivity contribution < 1.29 is 9.59 Å². The molecular weight excluding hydrogens is 276 g/mol. The zero-order chi connectivity index (χ0) is 15.5. The molecule has 1 N–H and O–H groups in total. The van der Waals surface area contributed by atoms with Gasteiger partial charge in [-0.1, -0.05) is 36.4 Å². The fraction of sp³-hybridized carbons (Fsp3) is 0.111. The maximum Gasteiger partial charge on any atom is 0.261 e. The van der Waals surface area contributed by atoms with Crippen LogP contribution < -0.4 is 5.32 Å². The third kappa shape index (κ3) is 2.51. The van der Waals surface area contributed by atoms with Crippen LogP contribution in [0.3, 0.4) is 0 Å². The lowest BCUT2D eigenvalue weighted by atomic mass is 10.1. The molecule has 0 saturated heterocycles. The van der Waals surface area contributed by atoms with Crippen LogP contribution in [-0.4, -0.2) is 29.3 Å². The second-order valence-corrected chi connectivity index (χ2v) is 5.12. The van der Waals surface area contributed by atoms with Gasteiger partial charge >= 0.3 is 0 Å². The number of carbonyl (C=O) groups excluding carboxylic acids is 2. The Labute approximate surface area is 129 Å². The lowest BCUT2D eigenvalue weighted by molar-refractivity contribution is 0.0653. The summed E-state index contributed by atoms with van der Waals surface area (Å²) in [4.78, 5) is 26.0. The van der Waals surface area contributed by atoms with E-state index in [-0.39, 0.29) is 24.4 Å². The van der Waals surface area contributed by atoms with E-state index in [4.69, 9.17) is 0 Å². The molecule has 1 aliphatic heterocycles. The maximum atomic E-state index is 12.4. The van der Waals surface area contributed by atoms with Crippen LogP contribution in [0.4, 0.5) is 5.69 Å². The quantitative estimate of drug-likeness (QED) is 0.681. The molecule has 0 fully saturated rings. The minimum absolute atomic E-state index is 0.204. The van der Waals surface area contributed by atoms with Gasteiger partial charge in [0.05, 0.1) is 23.7 Å².